The number of hydrogen-bond donors (Lipinski definition) is 0. The molecule has 0 N–H and O–H groups in total. The minimum absolute atomic E-state index is 0.0177. The second kappa shape index (κ2) is 7.53. The van der Waals surface area contributed by atoms with E-state index in [-0.39, 0.29) is 5.52 Å². The van der Waals surface area contributed by atoms with Crippen molar-refractivity contribution in [2.45, 2.75) is 20.0 Å². The first-order valence-electron chi connectivity index (χ1n) is 8.37. The van der Waals surface area contributed by atoms with Gasteiger partial charge in [0, 0.05) is 22.0 Å². The van der Waals surface area contributed by atoms with Crippen LogP contribution in [0.4, 0.5) is 13.2 Å². The van der Waals surface area contributed by atoms with Crippen molar-refractivity contribution in [2.24, 2.45) is 0 Å². The summed E-state index contributed by atoms with van der Waals surface area (Å²) in [5.41, 5.74) is 2.91. The topological polar surface area (TPSA) is 12.9 Å². The number of aromatic nitrogens is 1. The normalized spacial score (nSPS) is 12.9. The SMILES string of the molecule is C=C/C=C(\C=C/C)c1csc(-c2c(C)cnc3c(C(F)(F)F)cccc23)c1. The number of benzene rings is 1. The summed E-state index contributed by atoms with van der Waals surface area (Å²) in [6.45, 7) is 7.54. The van der Waals surface area contributed by atoms with Crippen molar-refractivity contribution in [1.29, 1.82) is 0 Å². The van der Waals surface area contributed by atoms with Crippen molar-refractivity contribution in [2.75, 3.05) is 0 Å². The second-order valence-corrected chi connectivity index (χ2v) is 6.98. The smallest absolute Gasteiger partial charge is 0.255 e. The lowest BCUT2D eigenvalue weighted by atomic mass is 9.99. The van der Waals surface area contributed by atoms with Crippen molar-refractivity contribution in [3.8, 4) is 10.4 Å². The van der Waals surface area contributed by atoms with E-state index >= 15 is 0 Å². The van der Waals surface area contributed by atoms with E-state index in [2.05, 4.69) is 11.6 Å². The number of para-hydroxylation sites is 1. The molecule has 1 nitrogen and oxygen atoms in total. The fraction of sp³-hybridized carbons (Fsp3) is 0.136. The molecule has 0 spiro atoms. The minimum atomic E-state index is -4.44. The lowest BCUT2D eigenvalue weighted by Crippen LogP contribution is -2.07. The summed E-state index contributed by atoms with van der Waals surface area (Å²) in [4.78, 5) is 4.99. The van der Waals surface area contributed by atoms with E-state index in [1.165, 1.54) is 23.6 Å². The van der Waals surface area contributed by atoms with Gasteiger partial charge in [-0.05, 0) is 48.1 Å². The zero-order valence-electron chi connectivity index (χ0n) is 15.0. The van der Waals surface area contributed by atoms with Gasteiger partial charge in [-0.3, -0.25) is 4.98 Å². The van der Waals surface area contributed by atoms with Gasteiger partial charge < -0.3 is 0 Å². The van der Waals surface area contributed by atoms with Gasteiger partial charge in [-0.25, -0.2) is 0 Å². The van der Waals surface area contributed by atoms with Gasteiger partial charge in [-0.2, -0.15) is 13.2 Å². The van der Waals surface area contributed by atoms with Crippen molar-refractivity contribution in [3.05, 3.63) is 83.4 Å². The number of pyridine rings is 1. The average molecular weight is 385 g/mol. The van der Waals surface area contributed by atoms with Crippen molar-refractivity contribution < 1.29 is 13.2 Å². The van der Waals surface area contributed by atoms with Crippen LogP contribution in [0.2, 0.25) is 0 Å². The Labute approximate surface area is 160 Å². The summed E-state index contributed by atoms with van der Waals surface area (Å²) in [7, 11) is 0. The number of allylic oxidation sites excluding steroid dienone is 5. The number of aryl methyl sites for hydroxylation is 1. The zero-order valence-corrected chi connectivity index (χ0v) is 15.8. The molecule has 27 heavy (non-hydrogen) atoms. The number of nitrogens with zero attached hydrogens (tertiary/aromatic N) is 1. The van der Waals surface area contributed by atoms with Gasteiger partial charge in [0.1, 0.15) is 0 Å². The van der Waals surface area contributed by atoms with E-state index in [4.69, 9.17) is 0 Å². The van der Waals surface area contributed by atoms with Crippen LogP contribution in [-0.2, 0) is 6.18 Å². The Kier molecular flexibility index (Phi) is 5.33. The molecule has 2 heterocycles. The predicted octanol–water partition coefficient (Wildman–Crippen LogP) is 7.44. The summed E-state index contributed by atoms with van der Waals surface area (Å²) >= 11 is 1.51. The molecule has 2 aromatic heterocycles. The van der Waals surface area contributed by atoms with Crippen LogP contribution >= 0.6 is 11.3 Å². The maximum Gasteiger partial charge on any atom is 0.418 e. The summed E-state index contributed by atoms with van der Waals surface area (Å²) < 4.78 is 40.1. The molecular weight excluding hydrogens is 367 g/mol. The summed E-state index contributed by atoms with van der Waals surface area (Å²) in [5, 5.41) is 2.52. The molecule has 0 unspecified atom stereocenters. The first kappa shape index (κ1) is 19.1. The van der Waals surface area contributed by atoms with Crippen molar-refractivity contribution >= 4 is 27.8 Å². The third-order valence-electron chi connectivity index (χ3n) is 4.22. The van der Waals surface area contributed by atoms with Crippen LogP contribution in [0.5, 0.6) is 0 Å². The molecule has 0 saturated heterocycles. The van der Waals surface area contributed by atoms with Gasteiger partial charge >= 0.3 is 6.18 Å². The molecule has 0 saturated carbocycles. The van der Waals surface area contributed by atoms with E-state index in [0.717, 1.165) is 33.2 Å². The molecule has 0 bridgehead atoms. The molecule has 138 valence electrons. The minimum Gasteiger partial charge on any atom is -0.255 e. The number of alkyl halides is 3. The summed E-state index contributed by atoms with van der Waals surface area (Å²) in [5.74, 6) is 0. The summed E-state index contributed by atoms with van der Waals surface area (Å²) in [6, 6.07) is 6.21. The van der Waals surface area contributed by atoms with Crippen LogP contribution in [-0.4, -0.2) is 4.98 Å². The third kappa shape index (κ3) is 3.74. The van der Waals surface area contributed by atoms with Crippen LogP contribution in [0.3, 0.4) is 0 Å². The van der Waals surface area contributed by atoms with E-state index in [0.29, 0.717) is 5.39 Å². The van der Waals surface area contributed by atoms with Crippen LogP contribution in [0.15, 0.2) is 66.7 Å². The molecular formula is C22H18F3NS. The zero-order chi connectivity index (χ0) is 19.6. The highest BCUT2D eigenvalue weighted by molar-refractivity contribution is 7.14. The molecule has 0 aliphatic heterocycles. The number of fused-ring (bicyclic) bond motifs is 1. The first-order valence-corrected chi connectivity index (χ1v) is 9.25. The van der Waals surface area contributed by atoms with Gasteiger partial charge in [0.25, 0.3) is 0 Å². The van der Waals surface area contributed by atoms with Crippen LogP contribution in [0.25, 0.3) is 26.9 Å². The van der Waals surface area contributed by atoms with Crippen LogP contribution < -0.4 is 0 Å². The second-order valence-electron chi connectivity index (χ2n) is 6.07. The molecule has 5 heteroatoms. The van der Waals surface area contributed by atoms with Gasteiger partial charge in [-0.15, -0.1) is 11.3 Å². The van der Waals surface area contributed by atoms with E-state index in [1.807, 2.05) is 43.5 Å². The van der Waals surface area contributed by atoms with Gasteiger partial charge in [-0.1, -0.05) is 43.0 Å². The molecule has 3 rings (SSSR count). The average Bonchev–Trinajstić information content (AvgIpc) is 3.09. The molecule has 3 aromatic rings. The largest absolute Gasteiger partial charge is 0.418 e. The predicted molar refractivity (Wildman–Crippen MR) is 108 cm³/mol. The number of halogens is 3. The highest BCUT2D eigenvalue weighted by atomic mass is 32.1. The van der Waals surface area contributed by atoms with Gasteiger partial charge in [0.2, 0.25) is 0 Å². The third-order valence-corrected chi connectivity index (χ3v) is 5.16. The maximum atomic E-state index is 13.4. The fourth-order valence-electron chi connectivity index (χ4n) is 3.05. The monoisotopic (exact) mass is 385 g/mol. The molecule has 0 atom stereocenters. The van der Waals surface area contributed by atoms with Gasteiger partial charge in [0.15, 0.2) is 0 Å². The molecule has 0 fully saturated rings. The fourth-order valence-corrected chi connectivity index (χ4v) is 4.09. The molecule has 0 amide bonds. The van der Waals surface area contributed by atoms with Crippen molar-refractivity contribution in [1.82, 2.24) is 4.98 Å². The Hall–Kier alpha value is -2.66. The molecule has 1 aromatic carbocycles. The van der Waals surface area contributed by atoms with Crippen LogP contribution in [0.1, 0.15) is 23.6 Å². The number of rotatable bonds is 4. The van der Waals surface area contributed by atoms with Crippen molar-refractivity contribution in [3.63, 3.8) is 0 Å². The number of hydrogen-bond acceptors (Lipinski definition) is 2. The van der Waals surface area contributed by atoms with E-state index < -0.39 is 11.7 Å². The standard InChI is InChI=1S/C22H18F3NS/c1-4-7-15(8-5-2)16-11-19(27-13-16)20-14(3)12-26-21-17(20)9-6-10-18(21)22(23,24)25/h4-13H,1H2,2-3H3/b8-5-,15-7+. The first-order chi connectivity index (χ1) is 12.9. The van der Waals surface area contributed by atoms with E-state index in [1.54, 1.807) is 12.1 Å². The summed E-state index contributed by atoms with van der Waals surface area (Å²) in [6.07, 6.45) is 4.62. The molecule has 0 radical (unpaired) electrons. The quantitative estimate of drug-likeness (QED) is 0.425. The molecule has 0 aliphatic rings. The lowest BCUT2D eigenvalue weighted by molar-refractivity contribution is -0.136. The molecule has 0 aliphatic carbocycles. The van der Waals surface area contributed by atoms with Gasteiger partial charge in [0.05, 0.1) is 11.1 Å². The Morgan fingerprint density at radius 1 is 1.26 bits per heavy atom. The Morgan fingerprint density at radius 2 is 2.04 bits per heavy atom. The highest BCUT2D eigenvalue weighted by Gasteiger charge is 2.33. The maximum absolute atomic E-state index is 13.4. The highest BCUT2D eigenvalue weighted by Crippen LogP contribution is 2.40. The number of thiophene rings is 1. The van der Waals surface area contributed by atoms with E-state index in [9.17, 15) is 13.2 Å². The Bertz CT molecular complexity index is 1060. The van der Waals surface area contributed by atoms with Crippen LogP contribution in [0, 0.1) is 6.92 Å². The Morgan fingerprint density at radius 3 is 2.70 bits per heavy atom. The Balaban J connectivity index is 2.23. The lowest BCUT2D eigenvalue weighted by Gasteiger charge is -2.13.